The third-order valence-electron chi connectivity index (χ3n) is 3.64. The van der Waals surface area contributed by atoms with Crippen molar-refractivity contribution in [1.29, 1.82) is 0 Å². The van der Waals surface area contributed by atoms with Gasteiger partial charge in [0.05, 0.1) is 0 Å². The van der Waals surface area contributed by atoms with Crippen molar-refractivity contribution in [3.63, 3.8) is 0 Å². The molecule has 0 aromatic heterocycles. The van der Waals surface area contributed by atoms with Gasteiger partial charge in [-0.3, -0.25) is 4.90 Å². The summed E-state index contributed by atoms with van der Waals surface area (Å²) in [5.41, 5.74) is 1.17. The lowest BCUT2D eigenvalue weighted by atomic mass is 9.94. The van der Waals surface area contributed by atoms with Crippen LogP contribution in [0.15, 0.2) is 22.7 Å². The molecule has 2 unspecified atom stereocenters. The maximum atomic E-state index is 13.0. The minimum absolute atomic E-state index is 0.180. The number of benzene rings is 1. The molecule has 0 amide bonds. The summed E-state index contributed by atoms with van der Waals surface area (Å²) >= 11 is 3.44. The first-order valence-electron chi connectivity index (χ1n) is 6.24. The van der Waals surface area contributed by atoms with E-state index in [1.165, 1.54) is 24.5 Å². The van der Waals surface area contributed by atoms with Crippen molar-refractivity contribution >= 4 is 15.9 Å². The van der Waals surface area contributed by atoms with Crippen LogP contribution in [0.25, 0.3) is 0 Å². The van der Waals surface area contributed by atoms with E-state index < -0.39 is 0 Å². The monoisotopic (exact) mass is 299 g/mol. The van der Waals surface area contributed by atoms with Crippen LogP contribution < -0.4 is 0 Å². The standard InChI is InChI=1S/C14H19BrFN/c1-10-3-4-11(2)17(8-10)9-12-5-6-13(16)7-14(12)15/h5-7,10-11H,3-4,8-9H2,1-2H3. The molecule has 0 N–H and O–H groups in total. The Hall–Kier alpha value is -0.410. The van der Waals surface area contributed by atoms with E-state index >= 15 is 0 Å². The number of nitrogens with zero attached hydrogens (tertiary/aromatic N) is 1. The third kappa shape index (κ3) is 3.29. The first-order chi connectivity index (χ1) is 8.06. The van der Waals surface area contributed by atoms with Crippen LogP contribution in [0.5, 0.6) is 0 Å². The summed E-state index contributed by atoms with van der Waals surface area (Å²) in [6.45, 7) is 6.64. The fraction of sp³-hybridized carbons (Fsp3) is 0.571. The normalized spacial score (nSPS) is 26.1. The fourth-order valence-electron chi connectivity index (χ4n) is 2.47. The van der Waals surface area contributed by atoms with E-state index in [2.05, 4.69) is 34.7 Å². The predicted octanol–water partition coefficient (Wildman–Crippen LogP) is 4.21. The number of hydrogen-bond donors (Lipinski definition) is 0. The van der Waals surface area contributed by atoms with E-state index in [9.17, 15) is 4.39 Å². The lowest BCUT2D eigenvalue weighted by Crippen LogP contribution is -2.40. The fourth-order valence-corrected chi connectivity index (χ4v) is 2.95. The van der Waals surface area contributed by atoms with Crippen molar-refractivity contribution in [3.05, 3.63) is 34.1 Å². The Morgan fingerprint density at radius 1 is 1.35 bits per heavy atom. The van der Waals surface area contributed by atoms with Gasteiger partial charge in [-0.1, -0.05) is 28.9 Å². The van der Waals surface area contributed by atoms with Crippen LogP contribution in [0, 0.1) is 11.7 Å². The van der Waals surface area contributed by atoms with Gasteiger partial charge in [-0.15, -0.1) is 0 Å². The lowest BCUT2D eigenvalue weighted by molar-refractivity contribution is 0.117. The Balaban J connectivity index is 2.08. The molecule has 94 valence electrons. The molecule has 2 rings (SSSR count). The molecular formula is C14H19BrFN. The molecule has 0 saturated carbocycles. The van der Waals surface area contributed by atoms with Crippen LogP contribution in [0.3, 0.4) is 0 Å². The van der Waals surface area contributed by atoms with Gasteiger partial charge < -0.3 is 0 Å². The zero-order valence-corrected chi connectivity index (χ0v) is 12.0. The number of rotatable bonds is 2. The quantitative estimate of drug-likeness (QED) is 0.791. The highest BCUT2D eigenvalue weighted by molar-refractivity contribution is 9.10. The Kier molecular flexibility index (Phi) is 4.21. The molecule has 0 spiro atoms. The maximum absolute atomic E-state index is 13.0. The summed E-state index contributed by atoms with van der Waals surface area (Å²) in [5, 5.41) is 0. The Morgan fingerprint density at radius 2 is 2.12 bits per heavy atom. The van der Waals surface area contributed by atoms with Crippen LogP contribution in [-0.2, 0) is 6.54 Å². The molecule has 0 radical (unpaired) electrons. The zero-order chi connectivity index (χ0) is 12.4. The minimum atomic E-state index is -0.180. The molecule has 1 aliphatic heterocycles. The van der Waals surface area contributed by atoms with E-state index in [0.717, 1.165) is 23.5 Å². The Bertz CT molecular complexity index is 394. The van der Waals surface area contributed by atoms with Gasteiger partial charge in [0.15, 0.2) is 0 Å². The second-order valence-electron chi connectivity index (χ2n) is 5.20. The van der Waals surface area contributed by atoms with Crippen molar-refractivity contribution < 1.29 is 4.39 Å². The van der Waals surface area contributed by atoms with Crippen molar-refractivity contribution in [1.82, 2.24) is 4.90 Å². The first kappa shape index (κ1) is 13.0. The molecule has 1 saturated heterocycles. The summed E-state index contributed by atoms with van der Waals surface area (Å²) in [6.07, 6.45) is 2.59. The van der Waals surface area contributed by atoms with Crippen LogP contribution in [-0.4, -0.2) is 17.5 Å². The minimum Gasteiger partial charge on any atom is -0.296 e. The number of halogens is 2. The van der Waals surface area contributed by atoms with Crippen LogP contribution >= 0.6 is 15.9 Å². The zero-order valence-electron chi connectivity index (χ0n) is 10.4. The average molecular weight is 300 g/mol. The summed E-state index contributed by atoms with van der Waals surface area (Å²) in [5.74, 6) is 0.589. The van der Waals surface area contributed by atoms with Crippen molar-refractivity contribution in [2.45, 2.75) is 39.3 Å². The second-order valence-corrected chi connectivity index (χ2v) is 6.05. The van der Waals surface area contributed by atoms with E-state index in [4.69, 9.17) is 0 Å². The van der Waals surface area contributed by atoms with E-state index in [1.807, 2.05) is 6.07 Å². The van der Waals surface area contributed by atoms with E-state index in [1.54, 1.807) is 6.07 Å². The number of hydrogen-bond acceptors (Lipinski definition) is 1. The number of likely N-dealkylation sites (tertiary alicyclic amines) is 1. The molecule has 1 aromatic rings. The summed E-state index contributed by atoms with van der Waals surface area (Å²) in [7, 11) is 0. The van der Waals surface area contributed by atoms with Gasteiger partial charge in [-0.25, -0.2) is 4.39 Å². The summed E-state index contributed by atoms with van der Waals surface area (Å²) < 4.78 is 13.9. The van der Waals surface area contributed by atoms with Crippen molar-refractivity contribution in [3.8, 4) is 0 Å². The second kappa shape index (κ2) is 5.49. The van der Waals surface area contributed by atoms with Crippen molar-refractivity contribution in [2.24, 2.45) is 5.92 Å². The number of piperidine rings is 1. The molecule has 2 atom stereocenters. The highest BCUT2D eigenvalue weighted by Crippen LogP contribution is 2.26. The van der Waals surface area contributed by atoms with E-state index in [0.29, 0.717) is 6.04 Å². The molecular weight excluding hydrogens is 281 g/mol. The SMILES string of the molecule is CC1CCC(C)N(Cc2ccc(F)cc2Br)C1. The van der Waals surface area contributed by atoms with Gasteiger partial charge in [0, 0.05) is 23.6 Å². The van der Waals surface area contributed by atoms with Gasteiger partial charge >= 0.3 is 0 Å². The van der Waals surface area contributed by atoms with Gasteiger partial charge in [0.1, 0.15) is 5.82 Å². The molecule has 17 heavy (non-hydrogen) atoms. The molecule has 0 bridgehead atoms. The predicted molar refractivity (Wildman–Crippen MR) is 72.4 cm³/mol. The molecule has 3 heteroatoms. The first-order valence-corrected chi connectivity index (χ1v) is 7.03. The van der Waals surface area contributed by atoms with Crippen molar-refractivity contribution in [2.75, 3.05) is 6.54 Å². The molecule has 1 aliphatic rings. The van der Waals surface area contributed by atoms with Gasteiger partial charge in [0.2, 0.25) is 0 Å². The highest BCUT2D eigenvalue weighted by Gasteiger charge is 2.23. The molecule has 0 aliphatic carbocycles. The molecule has 1 fully saturated rings. The third-order valence-corrected chi connectivity index (χ3v) is 4.37. The Labute approximate surface area is 111 Å². The highest BCUT2D eigenvalue weighted by atomic mass is 79.9. The van der Waals surface area contributed by atoms with Crippen LogP contribution in [0.1, 0.15) is 32.3 Å². The molecule has 1 heterocycles. The van der Waals surface area contributed by atoms with Gasteiger partial charge in [0.25, 0.3) is 0 Å². The van der Waals surface area contributed by atoms with Gasteiger partial charge in [-0.2, -0.15) is 0 Å². The summed E-state index contributed by atoms with van der Waals surface area (Å²) in [6, 6.07) is 5.60. The smallest absolute Gasteiger partial charge is 0.124 e. The molecule has 1 aromatic carbocycles. The largest absolute Gasteiger partial charge is 0.296 e. The Morgan fingerprint density at radius 3 is 2.82 bits per heavy atom. The van der Waals surface area contributed by atoms with Crippen LogP contribution in [0.2, 0.25) is 0 Å². The molecule has 1 nitrogen and oxygen atoms in total. The van der Waals surface area contributed by atoms with E-state index in [-0.39, 0.29) is 5.82 Å². The van der Waals surface area contributed by atoms with Crippen LogP contribution in [0.4, 0.5) is 4.39 Å². The summed E-state index contributed by atoms with van der Waals surface area (Å²) in [4.78, 5) is 2.49. The topological polar surface area (TPSA) is 3.24 Å². The average Bonchev–Trinajstić information content (AvgIpc) is 2.27. The van der Waals surface area contributed by atoms with Gasteiger partial charge in [-0.05, 0) is 43.4 Å². The lowest BCUT2D eigenvalue weighted by Gasteiger charge is -2.37. The maximum Gasteiger partial charge on any atom is 0.124 e.